The summed E-state index contributed by atoms with van der Waals surface area (Å²) < 4.78 is 5.55. The van der Waals surface area contributed by atoms with Crippen LogP contribution in [-0.2, 0) is 10.2 Å². The van der Waals surface area contributed by atoms with E-state index in [0.717, 1.165) is 12.0 Å². The molecule has 0 aliphatic carbocycles. The van der Waals surface area contributed by atoms with Crippen molar-refractivity contribution in [1.29, 1.82) is 0 Å². The fourth-order valence-electron chi connectivity index (χ4n) is 2.47. The molecule has 0 bridgehead atoms. The summed E-state index contributed by atoms with van der Waals surface area (Å²) in [5.74, 6) is 0.144. The summed E-state index contributed by atoms with van der Waals surface area (Å²) in [6.45, 7) is 8.92. The first kappa shape index (κ1) is 20.5. The molecule has 0 spiro atoms. The van der Waals surface area contributed by atoms with Gasteiger partial charge in [0.05, 0.1) is 13.2 Å². The third kappa shape index (κ3) is 6.44. The van der Waals surface area contributed by atoms with Gasteiger partial charge in [-0.3, -0.25) is 9.59 Å². The van der Waals surface area contributed by atoms with Gasteiger partial charge >= 0.3 is 0 Å². The predicted molar refractivity (Wildman–Crippen MR) is 108 cm³/mol. The highest BCUT2D eigenvalue weighted by Gasteiger charge is 2.14. The van der Waals surface area contributed by atoms with E-state index in [1.807, 2.05) is 31.2 Å². The Morgan fingerprint density at radius 2 is 1.74 bits per heavy atom. The Morgan fingerprint density at radius 1 is 1.04 bits per heavy atom. The lowest BCUT2D eigenvalue weighted by Crippen LogP contribution is -2.32. The molecule has 2 amide bonds. The average Bonchev–Trinajstić information content (AvgIpc) is 2.64. The summed E-state index contributed by atoms with van der Waals surface area (Å²) in [4.78, 5) is 24.3. The van der Waals surface area contributed by atoms with Crippen molar-refractivity contribution in [3.8, 4) is 5.75 Å². The highest BCUT2D eigenvalue weighted by atomic mass is 16.5. The molecule has 0 unspecified atom stereocenters. The molecule has 0 atom stereocenters. The number of rotatable bonds is 7. The van der Waals surface area contributed by atoms with E-state index in [1.165, 1.54) is 0 Å². The minimum atomic E-state index is -0.290. The monoisotopic (exact) mass is 368 g/mol. The zero-order valence-electron chi connectivity index (χ0n) is 16.5. The summed E-state index contributed by atoms with van der Waals surface area (Å²) in [7, 11) is 0. The molecule has 0 fully saturated rings. The summed E-state index contributed by atoms with van der Waals surface area (Å²) in [6.07, 6.45) is 0.916. The first-order valence-electron chi connectivity index (χ1n) is 9.21. The van der Waals surface area contributed by atoms with Crippen LogP contribution in [0.3, 0.4) is 0 Å². The van der Waals surface area contributed by atoms with E-state index in [0.29, 0.717) is 23.6 Å². The molecule has 5 nitrogen and oxygen atoms in total. The van der Waals surface area contributed by atoms with Gasteiger partial charge in [-0.1, -0.05) is 45.9 Å². The van der Waals surface area contributed by atoms with E-state index in [-0.39, 0.29) is 23.8 Å². The van der Waals surface area contributed by atoms with Crippen LogP contribution in [0.4, 0.5) is 5.69 Å². The molecule has 0 radical (unpaired) electrons. The number of benzene rings is 2. The molecule has 2 rings (SSSR count). The molecular formula is C22H28N2O3. The fourth-order valence-corrected chi connectivity index (χ4v) is 2.47. The average molecular weight is 368 g/mol. The summed E-state index contributed by atoms with van der Waals surface area (Å²) in [5.41, 5.74) is 2.36. The van der Waals surface area contributed by atoms with Crippen LogP contribution in [0.5, 0.6) is 5.75 Å². The highest BCUT2D eigenvalue weighted by molar-refractivity contribution is 5.99. The maximum atomic E-state index is 12.2. The predicted octanol–water partition coefficient (Wildman–Crippen LogP) is 4.14. The Balaban J connectivity index is 1.87. The largest absolute Gasteiger partial charge is 0.494 e. The molecule has 144 valence electrons. The van der Waals surface area contributed by atoms with Crippen molar-refractivity contribution in [3.63, 3.8) is 0 Å². The summed E-state index contributed by atoms with van der Waals surface area (Å²) in [6, 6.07) is 14.6. The molecule has 27 heavy (non-hydrogen) atoms. The van der Waals surface area contributed by atoms with Crippen LogP contribution in [0.15, 0.2) is 48.5 Å². The molecular weight excluding hydrogens is 340 g/mol. The smallest absolute Gasteiger partial charge is 0.251 e. The second-order valence-corrected chi connectivity index (χ2v) is 7.43. The quantitative estimate of drug-likeness (QED) is 0.772. The zero-order valence-corrected chi connectivity index (χ0v) is 16.5. The van der Waals surface area contributed by atoms with E-state index in [1.54, 1.807) is 24.3 Å². The maximum Gasteiger partial charge on any atom is 0.251 e. The van der Waals surface area contributed by atoms with Gasteiger partial charge in [-0.15, -0.1) is 0 Å². The lowest BCUT2D eigenvalue weighted by atomic mass is 9.87. The highest BCUT2D eigenvalue weighted by Crippen LogP contribution is 2.22. The first-order valence-corrected chi connectivity index (χ1v) is 9.21. The van der Waals surface area contributed by atoms with E-state index in [4.69, 9.17) is 4.74 Å². The summed E-state index contributed by atoms with van der Waals surface area (Å²) in [5, 5.41) is 5.40. The second kappa shape index (κ2) is 9.21. The SMILES string of the molecule is CCCOc1cccc(NC(=O)CNC(=O)c2ccc(C(C)(C)C)cc2)c1. The number of amides is 2. The number of ether oxygens (including phenoxy) is 1. The van der Waals surface area contributed by atoms with Crippen LogP contribution in [0.2, 0.25) is 0 Å². The van der Waals surface area contributed by atoms with E-state index in [2.05, 4.69) is 31.4 Å². The molecule has 2 aromatic rings. The van der Waals surface area contributed by atoms with Gasteiger partial charge in [0.1, 0.15) is 5.75 Å². The number of carbonyl (C=O) groups is 2. The third-order valence-corrected chi connectivity index (χ3v) is 4.01. The van der Waals surface area contributed by atoms with E-state index < -0.39 is 0 Å². The van der Waals surface area contributed by atoms with Gasteiger partial charge in [-0.25, -0.2) is 0 Å². The minimum absolute atomic E-state index is 0.0320. The number of hydrogen-bond donors (Lipinski definition) is 2. The number of anilines is 1. The number of carbonyl (C=O) groups excluding carboxylic acids is 2. The van der Waals surface area contributed by atoms with Crippen molar-refractivity contribution in [2.24, 2.45) is 0 Å². The Bertz CT molecular complexity index is 777. The molecule has 0 aromatic heterocycles. The number of hydrogen-bond acceptors (Lipinski definition) is 3. The van der Waals surface area contributed by atoms with Gasteiger partial charge in [-0.2, -0.15) is 0 Å². The van der Waals surface area contributed by atoms with Gasteiger partial charge in [0, 0.05) is 17.3 Å². The molecule has 2 N–H and O–H groups in total. The van der Waals surface area contributed by atoms with Crippen LogP contribution >= 0.6 is 0 Å². The minimum Gasteiger partial charge on any atom is -0.494 e. The Labute approximate surface area is 161 Å². The van der Waals surface area contributed by atoms with Crippen molar-refractivity contribution >= 4 is 17.5 Å². The lowest BCUT2D eigenvalue weighted by Gasteiger charge is -2.19. The Morgan fingerprint density at radius 3 is 2.37 bits per heavy atom. The van der Waals surface area contributed by atoms with Gasteiger partial charge in [0.15, 0.2) is 0 Å². The molecule has 5 heteroatoms. The molecule has 2 aromatic carbocycles. The Kier molecular flexibility index (Phi) is 6.99. The van der Waals surface area contributed by atoms with Crippen LogP contribution in [0, 0.1) is 0 Å². The molecule has 0 aliphatic rings. The molecule has 0 aliphatic heterocycles. The van der Waals surface area contributed by atoms with Gasteiger partial charge in [0.25, 0.3) is 5.91 Å². The van der Waals surface area contributed by atoms with Crippen molar-refractivity contribution in [2.75, 3.05) is 18.5 Å². The van der Waals surface area contributed by atoms with Crippen molar-refractivity contribution in [2.45, 2.75) is 39.5 Å². The summed E-state index contributed by atoms with van der Waals surface area (Å²) >= 11 is 0. The van der Waals surface area contributed by atoms with Gasteiger partial charge < -0.3 is 15.4 Å². The van der Waals surface area contributed by atoms with Gasteiger partial charge in [-0.05, 0) is 41.7 Å². The third-order valence-electron chi connectivity index (χ3n) is 4.01. The Hall–Kier alpha value is -2.82. The van der Waals surface area contributed by atoms with E-state index in [9.17, 15) is 9.59 Å². The maximum absolute atomic E-state index is 12.2. The standard InChI is InChI=1S/C22H28N2O3/c1-5-13-27-19-8-6-7-18(14-19)24-20(25)15-23-21(26)16-9-11-17(12-10-16)22(2,3)4/h6-12,14H,5,13,15H2,1-4H3,(H,23,26)(H,24,25). The zero-order chi connectivity index (χ0) is 19.9. The van der Waals surface area contributed by atoms with Gasteiger partial charge in [0.2, 0.25) is 5.91 Å². The van der Waals surface area contributed by atoms with Crippen molar-refractivity contribution in [1.82, 2.24) is 5.32 Å². The van der Waals surface area contributed by atoms with Crippen molar-refractivity contribution < 1.29 is 14.3 Å². The van der Waals surface area contributed by atoms with Crippen LogP contribution in [0.25, 0.3) is 0 Å². The molecule has 0 saturated carbocycles. The van der Waals surface area contributed by atoms with Crippen LogP contribution in [-0.4, -0.2) is 25.0 Å². The second-order valence-electron chi connectivity index (χ2n) is 7.43. The first-order chi connectivity index (χ1) is 12.8. The fraction of sp³-hybridized carbons (Fsp3) is 0.364. The van der Waals surface area contributed by atoms with E-state index >= 15 is 0 Å². The lowest BCUT2D eigenvalue weighted by molar-refractivity contribution is -0.115. The molecule has 0 saturated heterocycles. The van der Waals surface area contributed by atoms with Crippen LogP contribution < -0.4 is 15.4 Å². The topological polar surface area (TPSA) is 67.4 Å². The normalized spacial score (nSPS) is 11.0. The number of nitrogens with one attached hydrogen (secondary N) is 2. The van der Waals surface area contributed by atoms with Crippen LogP contribution in [0.1, 0.15) is 50.0 Å². The van der Waals surface area contributed by atoms with Crippen molar-refractivity contribution in [3.05, 3.63) is 59.7 Å². The molecule has 0 heterocycles.